The molecule has 2 amide bonds. The Kier molecular flexibility index (Phi) is 6.87. The van der Waals surface area contributed by atoms with Crippen LogP contribution in [0.1, 0.15) is 43.2 Å². The van der Waals surface area contributed by atoms with Gasteiger partial charge in [-0.2, -0.15) is 0 Å². The van der Waals surface area contributed by atoms with Crippen LogP contribution in [0, 0.1) is 17.3 Å². The van der Waals surface area contributed by atoms with E-state index in [-0.39, 0.29) is 25.6 Å². The zero-order valence-corrected chi connectivity index (χ0v) is 19.2. The number of carbonyl (C=O) groups is 3. The summed E-state index contributed by atoms with van der Waals surface area (Å²) in [5.41, 5.74) is 3.69. The first-order chi connectivity index (χ1) is 16.4. The summed E-state index contributed by atoms with van der Waals surface area (Å²) >= 11 is 0. The first kappa shape index (κ1) is 23.4. The quantitative estimate of drug-likeness (QED) is 0.642. The topological polar surface area (TPSA) is 95.9 Å². The first-order valence-electron chi connectivity index (χ1n) is 11.6. The van der Waals surface area contributed by atoms with Crippen LogP contribution in [0.3, 0.4) is 0 Å². The molecule has 2 N–H and O–H groups in total. The predicted octanol–water partition coefficient (Wildman–Crippen LogP) is 3.63. The molecule has 2 aromatic rings. The Morgan fingerprint density at radius 2 is 1.76 bits per heavy atom. The van der Waals surface area contributed by atoms with Crippen LogP contribution in [0.4, 0.5) is 4.79 Å². The minimum Gasteiger partial charge on any atom is -0.481 e. The van der Waals surface area contributed by atoms with Crippen molar-refractivity contribution >= 4 is 18.0 Å². The molecule has 7 nitrogen and oxygen atoms in total. The maximum Gasteiger partial charge on any atom is 0.407 e. The van der Waals surface area contributed by atoms with Crippen LogP contribution in [0.25, 0.3) is 11.1 Å². The van der Waals surface area contributed by atoms with Gasteiger partial charge in [-0.3, -0.25) is 9.59 Å². The second kappa shape index (κ2) is 10.0. The van der Waals surface area contributed by atoms with Crippen molar-refractivity contribution < 1.29 is 24.2 Å². The van der Waals surface area contributed by atoms with Gasteiger partial charge in [0.1, 0.15) is 6.61 Å². The SMILES string of the molecule is CCCC1(C(=O)O)CCN(C(=O)C#CCNC(=O)OCC2c3ccccc3-c3ccccc32)C1. The van der Waals surface area contributed by atoms with Gasteiger partial charge in [0, 0.05) is 19.0 Å². The molecule has 0 aromatic heterocycles. The number of carboxylic acids is 1. The van der Waals surface area contributed by atoms with Gasteiger partial charge in [-0.1, -0.05) is 67.8 Å². The molecule has 2 aromatic carbocycles. The van der Waals surface area contributed by atoms with Gasteiger partial charge in [0.05, 0.1) is 12.0 Å². The minimum atomic E-state index is -0.883. The molecule has 7 heteroatoms. The molecule has 1 aliphatic carbocycles. The molecule has 0 bridgehead atoms. The van der Waals surface area contributed by atoms with E-state index in [1.807, 2.05) is 31.2 Å². The number of ether oxygens (including phenoxy) is 1. The molecule has 1 aliphatic heterocycles. The number of alkyl carbamates (subject to hydrolysis) is 1. The van der Waals surface area contributed by atoms with Crippen molar-refractivity contribution in [2.75, 3.05) is 26.2 Å². The van der Waals surface area contributed by atoms with Gasteiger partial charge in [-0.05, 0) is 41.0 Å². The molecular weight excluding hydrogens is 432 g/mol. The van der Waals surface area contributed by atoms with E-state index in [1.54, 1.807) is 0 Å². The maximum absolute atomic E-state index is 12.4. The fourth-order valence-electron chi connectivity index (χ4n) is 4.97. The number of nitrogens with zero attached hydrogens (tertiary/aromatic N) is 1. The number of hydrogen-bond acceptors (Lipinski definition) is 4. The lowest BCUT2D eigenvalue weighted by atomic mass is 9.83. The number of aliphatic carboxylic acids is 1. The summed E-state index contributed by atoms with van der Waals surface area (Å²) in [6.45, 7) is 2.65. The molecular formula is C27H28N2O5. The average Bonchev–Trinajstić information content (AvgIpc) is 3.41. The van der Waals surface area contributed by atoms with Crippen LogP contribution in [0.2, 0.25) is 0 Å². The molecule has 2 aliphatic rings. The van der Waals surface area contributed by atoms with Crippen molar-refractivity contribution in [2.24, 2.45) is 5.41 Å². The molecule has 1 heterocycles. The van der Waals surface area contributed by atoms with Gasteiger partial charge in [0.15, 0.2) is 0 Å². The Bertz CT molecular complexity index is 1120. The van der Waals surface area contributed by atoms with Crippen LogP contribution in [0.5, 0.6) is 0 Å². The third-order valence-corrected chi connectivity index (χ3v) is 6.68. The number of rotatable bonds is 6. The van der Waals surface area contributed by atoms with Crippen molar-refractivity contribution in [2.45, 2.75) is 32.1 Å². The van der Waals surface area contributed by atoms with E-state index in [0.29, 0.717) is 19.4 Å². The molecule has 0 spiro atoms. The summed E-state index contributed by atoms with van der Waals surface area (Å²) in [5.74, 6) is 3.82. The molecule has 0 radical (unpaired) electrons. The maximum atomic E-state index is 12.4. The van der Waals surface area contributed by atoms with Crippen LogP contribution < -0.4 is 5.32 Å². The highest BCUT2D eigenvalue weighted by molar-refractivity contribution is 5.94. The Labute approximate surface area is 199 Å². The van der Waals surface area contributed by atoms with Crippen molar-refractivity contribution in [3.8, 4) is 23.0 Å². The molecule has 176 valence electrons. The number of fused-ring (bicyclic) bond motifs is 3. The van der Waals surface area contributed by atoms with Gasteiger partial charge >= 0.3 is 12.1 Å². The molecule has 1 atom stereocenters. The number of nitrogens with one attached hydrogen (secondary N) is 1. The summed E-state index contributed by atoms with van der Waals surface area (Å²) in [6.07, 6.45) is 1.10. The fraction of sp³-hybridized carbons (Fsp3) is 0.370. The molecule has 1 saturated heterocycles. The summed E-state index contributed by atoms with van der Waals surface area (Å²) in [7, 11) is 0. The van der Waals surface area contributed by atoms with E-state index >= 15 is 0 Å². The third kappa shape index (κ3) is 4.62. The highest BCUT2D eigenvalue weighted by Crippen LogP contribution is 2.44. The molecule has 4 rings (SSSR count). The number of hydrogen-bond donors (Lipinski definition) is 2. The standard InChI is InChI=1S/C27H28N2O5/c1-2-13-27(25(31)32)14-16-29(18-27)24(30)12-7-15-28-26(33)34-17-23-21-10-5-3-8-19(21)20-9-4-6-11-22(20)23/h3-6,8-11,23H,2,13-18H2,1H3,(H,28,33)(H,31,32). The lowest BCUT2D eigenvalue weighted by Crippen LogP contribution is -2.36. The lowest BCUT2D eigenvalue weighted by molar-refractivity contribution is -0.148. The van der Waals surface area contributed by atoms with Crippen molar-refractivity contribution in [3.05, 3.63) is 59.7 Å². The van der Waals surface area contributed by atoms with Gasteiger partial charge in [0.25, 0.3) is 5.91 Å². The molecule has 0 saturated carbocycles. The van der Waals surface area contributed by atoms with Crippen LogP contribution in [-0.2, 0) is 14.3 Å². The number of amides is 2. The molecule has 1 unspecified atom stereocenters. The Hall–Kier alpha value is -3.79. The summed E-state index contributed by atoms with van der Waals surface area (Å²) < 4.78 is 5.45. The highest BCUT2D eigenvalue weighted by Gasteiger charge is 2.45. The monoisotopic (exact) mass is 460 g/mol. The lowest BCUT2D eigenvalue weighted by Gasteiger charge is -2.23. The molecule has 1 fully saturated rings. The fourth-order valence-corrected chi connectivity index (χ4v) is 4.97. The smallest absolute Gasteiger partial charge is 0.407 e. The second-order valence-electron chi connectivity index (χ2n) is 8.79. The van der Waals surface area contributed by atoms with Crippen molar-refractivity contribution in [3.63, 3.8) is 0 Å². The summed E-state index contributed by atoms with van der Waals surface area (Å²) in [5, 5.41) is 12.1. The van der Waals surface area contributed by atoms with Crippen molar-refractivity contribution in [1.29, 1.82) is 0 Å². The number of carboxylic acid groups (broad SMARTS) is 1. The number of carbonyl (C=O) groups excluding carboxylic acids is 2. The molecule has 34 heavy (non-hydrogen) atoms. The summed E-state index contributed by atoms with van der Waals surface area (Å²) in [4.78, 5) is 37.7. The number of benzene rings is 2. The minimum absolute atomic E-state index is 0.0291. The zero-order chi connectivity index (χ0) is 24.1. The second-order valence-corrected chi connectivity index (χ2v) is 8.79. The van der Waals surface area contributed by atoms with Gasteiger partial charge in [-0.25, -0.2) is 4.79 Å². The highest BCUT2D eigenvalue weighted by atomic mass is 16.5. The van der Waals surface area contributed by atoms with Crippen LogP contribution in [-0.4, -0.2) is 54.2 Å². The summed E-state index contributed by atoms with van der Waals surface area (Å²) in [6, 6.07) is 16.2. The van der Waals surface area contributed by atoms with Crippen LogP contribution in [0.15, 0.2) is 48.5 Å². The van der Waals surface area contributed by atoms with E-state index in [0.717, 1.165) is 28.7 Å². The van der Waals surface area contributed by atoms with E-state index in [1.165, 1.54) is 4.90 Å². The van der Waals surface area contributed by atoms with E-state index < -0.39 is 23.4 Å². The Morgan fingerprint density at radius 1 is 1.12 bits per heavy atom. The Morgan fingerprint density at radius 3 is 2.38 bits per heavy atom. The normalized spacial score (nSPS) is 18.4. The first-order valence-corrected chi connectivity index (χ1v) is 11.6. The average molecular weight is 461 g/mol. The Balaban J connectivity index is 1.27. The third-order valence-electron chi connectivity index (χ3n) is 6.68. The van der Waals surface area contributed by atoms with E-state index in [4.69, 9.17) is 4.74 Å². The number of likely N-dealkylation sites (tertiary alicyclic amines) is 1. The van der Waals surface area contributed by atoms with Gasteiger partial charge in [0.2, 0.25) is 0 Å². The van der Waals surface area contributed by atoms with Crippen LogP contribution >= 0.6 is 0 Å². The van der Waals surface area contributed by atoms with Gasteiger partial charge < -0.3 is 20.1 Å². The van der Waals surface area contributed by atoms with E-state index in [9.17, 15) is 19.5 Å². The van der Waals surface area contributed by atoms with E-state index in [2.05, 4.69) is 41.4 Å². The van der Waals surface area contributed by atoms with Crippen molar-refractivity contribution in [1.82, 2.24) is 10.2 Å². The zero-order valence-electron chi connectivity index (χ0n) is 19.2. The predicted molar refractivity (Wildman–Crippen MR) is 127 cm³/mol. The largest absolute Gasteiger partial charge is 0.481 e. The van der Waals surface area contributed by atoms with Gasteiger partial charge in [-0.15, -0.1) is 0 Å².